The molecule has 3 aromatic carbocycles. The van der Waals surface area contributed by atoms with Gasteiger partial charge in [0.25, 0.3) is 5.91 Å². The van der Waals surface area contributed by atoms with Crippen LogP contribution in [0.2, 0.25) is 5.02 Å². The number of benzene rings is 3. The highest BCUT2D eigenvalue weighted by atomic mass is 35.5. The number of aromatic hydroxyl groups is 1. The number of rotatable bonds is 5. The number of methoxy groups -OCH3 is 1. The molecule has 0 unspecified atom stereocenters. The summed E-state index contributed by atoms with van der Waals surface area (Å²) in [4.78, 5) is 26.6. The molecule has 1 aromatic heterocycles. The Bertz CT molecular complexity index is 1520. The van der Waals surface area contributed by atoms with Crippen LogP contribution in [0.4, 0.5) is 5.69 Å². The summed E-state index contributed by atoms with van der Waals surface area (Å²) < 4.78 is 10.7. The Balaban J connectivity index is 1.50. The van der Waals surface area contributed by atoms with Crippen LogP contribution in [0.3, 0.4) is 0 Å². The average Bonchev–Trinajstić information content (AvgIpc) is 3.49. The molecule has 1 aliphatic heterocycles. The van der Waals surface area contributed by atoms with Gasteiger partial charge in [0, 0.05) is 22.2 Å². The van der Waals surface area contributed by atoms with Crippen LogP contribution in [0.1, 0.15) is 21.7 Å². The normalized spacial score (nSPS) is 14.3. The second-order valence-electron chi connectivity index (χ2n) is 8.04. The highest BCUT2D eigenvalue weighted by Gasteiger charge is 2.32. The van der Waals surface area contributed by atoms with Crippen LogP contribution >= 0.6 is 11.6 Å². The number of phenols is 1. The van der Waals surface area contributed by atoms with Gasteiger partial charge in [0.15, 0.2) is 0 Å². The summed E-state index contributed by atoms with van der Waals surface area (Å²) in [6.45, 7) is 0. The van der Waals surface area contributed by atoms with E-state index in [0.29, 0.717) is 39.1 Å². The zero-order chi connectivity index (χ0) is 25.2. The van der Waals surface area contributed by atoms with Gasteiger partial charge >= 0.3 is 5.97 Å². The van der Waals surface area contributed by atoms with E-state index in [0.717, 1.165) is 11.1 Å². The molecule has 1 aliphatic rings. The Morgan fingerprint density at radius 1 is 0.972 bits per heavy atom. The summed E-state index contributed by atoms with van der Waals surface area (Å²) in [6, 6.07) is 24.5. The van der Waals surface area contributed by atoms with Gasteiger partial charge in [-0.05, 0) is 54.1 Å². The quantitative estimate of drug-likeness (QED) is 0.249. The van der Waals surface area contributed by atoms with E-state index in [1.165, 1.54) is 18.1 Å². The molecule has 7 heteroatoms. The van der Waals surface area contributed by atoms with Crippen molar-refractivity contribution < 1.29 is 23.8 Å². The van der Waals surface area contributed by atoms with Crippen LogP contribution in [0.25, 0.3) is 23.1 Å². The zero-order valence-corrected chi connectivity index (χ0v) is 19.9. The summed E-state index contributed by atoms with van der Waals surface area (Å²) in [5.41, 5.74) is 3.37. The van der Waals surface area contributed by atoms with E-state index in [9.17, 15) is 14.7 Å². The lowest BCUT2D eigenvalue weighted by molar-refractivity contribution is -0.113. The van der Waals surface area contributed by atoms with Gasteiger partial charge in [0.1, 0.15) is 17.3 Å². The molecule has 0 spiro atoms. The van der Waals surface area contributed by atoms with Crippen LogP contribution in [0.5, 0.6) is 5.75 Å². The Morgan fingerprint density at radius 2 is 1.72 bits per heavy atom. The summed E-state index contributed by atoms with van der Waals surface area (Å²) in [6.07, 6.45) is 3.42. The number of carbonyl (C=O) groups is 2. The van der Waals surface area contributed by atoms with Crippen molar-refractivity contribution in [1.82, 2.24) is 0 Å². The van der Waals surface area contributed by atoms with Crippen LogP contribution < -0.4 is 4.90 Å². The number of hydrogen-bond donors (Lipinski definition) is 1. The molecule has 0 fully saturated rings. The molecule has 0 saturated heterocycles. The first kappa shape index (κ1) is 23.2. The average molecular weight is 498 g/mol. The number of ether oxygens (including phenoxy) is 1. The molecule has 1 amide bonds. The van der Waals surface area contributed by atoms with Crippen LogP contribution in [-0.2, 0) is 9.53 Å². The number of anilines is 1. The maximum atomic E-state index is 13.5. The number of esters is 1. The molecular formula is C29H20ClNO5. The van der Waals surface area contributed by atoms with Crippen molar-refractivity contribution in [3.63, 3.8) is 0 Å². The molecule has 0 aliphatic carbocycles. The third-order valence-corrected chi connectivity index (χ3v) is 5.98. The van der Waals surface area contributed by atoms with E-state index >= 15 is 0 Å². The van der Waals surface area contributed by atoms with Crippen molar-refractivity contribution in [3.05, 3.63) is 118 Å². The van der Waals surface area contributed by atoms with E-state index in [1.54, 1.807) is 60.7 Å². The predicted octanol–water partition coefficient (Wildman–Crippen LogP) is 6.56. The third-order valence-electron chi connectivity index (χ3n) is 5.75. The van der Waals surface area contributed by atoms with E-state index in [1.807, 2.05) is 30.3 Å². The smallest absolute Gasteiger partial charge is 0.337 e. The lowest BCUT2D eigenvalue weighted by atomic mass is 10.1. The van der Waals surface area contributed by atoms with Crippen LogP contribution in [0.15, 0.2) is 101 Å². The van der Waals surface area contributed by atoms with Gasteiger partial charge in [0.2, 0.25) is 0 Å². The summed E-state index contributed by atoms with van der Waals surface area (Å²) in [5, 5.41) is 10.9. The van der Waals surface area contributed by atoms with Crippen molar-refractivity contribution in [2.24, 2.45) is 0 Å². The van der Waals surface area contributed by atoms with Crippen molar-refractivity contribution in [2.45, 2.75) is 0 Å². The van der Waals surface area contributed by atoms with Crippen LogP contribution in [-0.4, -0.2) is 24.1 Å². The Kier molecular flexibility index (Phi) is 6.19. The monoisotopic (exact) mass is 497 g/mol. The topological polar surface area (TPSA) is 80.0 Å². The van der Waals surface area contributed by atoms with Gasteiger partial charge in [0.05, 0.1) is 24.1 Å². The van der Waals surface area contributed by atoms with Crippen molar-refractivity contribution in [2.75, 3.05) is 12.0 Å². The SMILES string of the molecule is COC(=O)c1ccc(-c2ccc(/C=C3\C=C(c4ccccc4)N(c4ccc(Cl)cc4O)C3=O)o2)cc1. The molecule has 178 valence electrons. The van der Waals surface area contributed by atoms with Gasteiger partial charge in [-0.2, -0.15) is 0 Å². The summed E-state index contributed by atoms with van der Waals surface area (Å²) >= 11 is 6.01. The number of amides is 1. The maximum Gasteiger partial charge on any atom is 0.337 e. The van der Waals surface area contributed by atoms with Crippen molar-refractivity contribution in [1.29, 1.82) is 0 Å². The summed E-state index contributed by atoms with van der Waals surface area (Å²) in [5.74, 6) is 0.240. The molecule has 36 heavy (non-hydrogen) atoms. The number of hydrogen-bond acceptors (Lipinski definition) is 5. The van der Waals surface area contributed by atoms with E-state index in [4.69, 9.17) is 20.8 Å². The minimum Gasteiger partial charge on any atom is -0.506 e. The molecule has 0 atom stereocenters. The number of carbonyl (C=O) groups excluding carboxylic acids is 2. The number of phenolic OH excluding ortho intramolecular Hbond substituents is 1. The largest absolute Gasteiger partial charge is 0.506 e. The van der Waals surface area contributed by atoms with Gasteiger partial charge in [-0.25, -0.2) is 4.79 Å². The molecule has 4 aromatic rings. The highest BCUT2D eigenvalue weighted by molar-refractivity contribution is 6.31. The van der Waals surface area contributed by atoms with Gasteiger partial charge in [-0.1, -0.05) is 54.1 Å². The molecular weight excluding hydrogens is 478 g/mol. The number of halogens is 1. The Morgan fingerprint density at radius 3 is 2.42 bits per heavy atom. The van der Waals surface area contributed by atoms with Gasteiger partial charge in [-0.15, -0.1) is 0 Å². The summed E-state index contributed by atoms with van der Waals surface area (Å²) in [7, 11) is 1.33. The van der Waals surface area contributed by atoms with Crippen molar-refractivity contribution in [3.8, 4) is 17.1 Å². The lowest BCUT2D eigenvalue weighted by Crippen LogP contribution is -2.25. The van der Waals surface area contributed by atoms with Gasteiger partial charge in [-0.3, -0.25) is 9.69 Å². The molecule has 6 nitrogen and oxygen atoms in total. The highest BCUT2D eigenvalue weighted by Crippen LogP contribution is 2.40. The minimum atomic E-state index is -0.413. The first-order chi connectivity index (χ1) is 17.4. The second kappa shape index (κ2) is 9.60. The molecule has 0 saturated carbocycles. The fraction of sp³-hybridized carbons (Fsp3) is 0.0345. The molecule has 0 radical (unpaired) electrons. The Hall–Kier alpha value is -4.55. The standard InChI is InChI=1S/C29H20ClNO5/c1-35-29(34)20-9-7-19(8-10-20)27-14-12-23(36-27)15-21-16-25(18-5-3-2-4-6-18)31(28(21)33)24-13-11-22(30)17-26(24)32/h2-17,32H,1H3/b21-15+. The van der Waals surface area contributed by atoms with Gasteiger partial charge < -0.3 is 14.3 Å². The molecule has 5 rings (SSSR count). The minimum absolute atomic E-state index is 0.102. The maximum absolute atomic E-state index is 13.5. The molecule has 1 N–H and O–H groups in total. The molecule has 0 bridgehead atoms. The van der Waals surface area contributed by atoms with Crippen molar-refractivity contribution >= 4 is 40.9 Å². The van der Waals surface area contributed by atoms with E-state index < -0.39 is 5.97 Å². The first-order valence-corrected chi connectivity index (χ1v) is 11.4. The lowest BCUT2D eigenvalue weighted by Gasteiger charge is -2.21. The molecule has 2 heterocycles. The number of furan rings is 1. The predicted molar refractivity (Wildman–Crippen MR) is 138 cm³/mol. The van der Waals surface area contributed by atoms with Crippen LogP contribution in [0, 0.1) is 0 Å². The Labute approximate surface area is 212 Å². The zero-order valence-electron chi connectivity index (χ0n) is 19.1. The second-order valence-corrected chi connectivity index (χ2v) is 8.48. The van der Waals surface area contributed by atoms with E-state index in [2.05, 4.69) is 0 Å². The first-order valence-electron chi connectivity index (χ1n) is 11.0. The fourth-order valence-electron chi connectivity index (χ4n) is 3.99. The number of nitrogens with zero attached hydrogens (tertiary/aromatic N) is 1. The van der Waals surface area contributed by atoms with E-state index in [-0.39, 0.29) is 11.7 Å². The third kappa shape index (κ3) is 4.42. The fourth-order valence-corrected chi connectivity index (χ4v) is 4.16.